The Kier molecular flexibility index (Phi) is 14.5. The zero-order chi connectivity index (χ0) is 36.0. The largest absolute Gasteiger partial charge is 0.444 e. The first kappa shape index (κ1) is 38.2. The summed E-state index contributed by atoms with van der Waals surface area (Å²) >= 11 is 2.93. The monoisotopic (exact) mass is 718 g/mol. The van der Waals surface area contributed by atoms with Gasteiger partial charge in [-0.05, 0) is 29.9 Å². The number of ketones is 1. The molecule has 0 fully saturated rings. The van der Waals surface area contributed by atoms with Crippen LogP contribution in [0.4, 0.5) is 9.59 Å². The van der Waals surface area contributed by atoms with Gasteiger partial charge in [0.25, 0.3) is 0 Å². The van der Waals surface area contributed by atoms with Crippen LogP contribution in [-0.4, -0.2) is 63.9 Å². The lowest BCUT2D eigenvalue weighted by Crippen LogP contribution is -2.55. The second kappa shape index (κ2) is 19.0. The van der Waals surface area contributed by atoms with Crippen LogP contribution in [-0.2, 0) is 40.3 Å². The molecule has 0 aliphatic carbocycles. The number of rotatable bonds is 17. The summed E-state index contributed by atoms with van der Waals surface area (Å²) in [4.78, 5) is 64.8. The molecule has 3 N–H and O–H groups in total. The number of nitrogens with zero attached hydrogens (tertiary/aromatic N) is 3. The Morgan fingerprint density at radius 2 is 1.52 bits per heavy atom. The van der Waals surface area contributed by atoms with E-state index in [1.165, 1.54) is 16.2 Å². The molecule has 0 bridgehead atoms. The van der Waals surface area contributed by atoms with E-state index >= 15 is 0 Å². The molecule has 4 rings (SSSR count). The second-order valence-corrected chi connectivity index (χ2v) is 14.7. The van der Waals surface area contributed by atoms with E-state index in [-0.39, 0.29) is 31.1 Å². The van der Waals surface area contributed by atoms with Crippen molar-refractivity contribution in [2.24, 2.45) is 5.92 Å². The molecule has 0 saturated heterocycles. The molecule has 4 aromatic rings. The minimum atomic E-state index is -0.905. The van der Waals surface area contributed by atoms with E-state index in [1.54, 1.807) is 30.1 Å². The van der Waals surface area contributed by atoms with Gasteiger partial charge in [0.2, 0.25) is 5.91 Å². The number of hydrogen-bond acceptors (Lipinski definition) is 9. The van der Waals surface area contributed by atoms with E-state index in [4.69, 9.17) is 4.74 Å². The first-order chi connectivity index (χ1) is 24.0. The third kappa shape index (κ3) is 12.1. The van der Waals surface area contributed by atoms with Crippen molar-refractivity contribution >= 4 is 46.5 Å². The zero-order valence-electron chi connectivity index (χ0n) is 29.1. The van der Waals surface area contributed by atoms with Gasteiger partial charge in [0, 0.05) is 37.0 Å². The van der Waals surface area contributed by atoms with E-state index in [0.29, 0.717) is 18.9 Å². The summed E-state index contributed by atoms with van der Waals surface area (Å²) in [6, 6.07) is 16.2. The standard InChI is InChI=1S/C37H46N6O5S2/c1-24(2)33(42-36(46)43(5)20-29-22-49-35(40-29)25(3)4)34(45)39-28(16-26-12-8-6-9-13-26)18-32(44)31(17-27-14-10-7-11-15-27)41-37(47)48-21-30-19-38-23-50-30/h6-15,19,22-25,28,31,33H,16-18,20-21H2,1-5H3,(H,39,45)(H,41,47)(H,42,46)/t28-,31-,33?/m0/s1. The lowest BCUT2D eigenvalue weighted by Gasteiger charge is -2.28. The van der Waals surface area contributed by atoms with Crippen LogP contribution < -0.4 is 16.0 Å². The van der Waals surface area contributed by atoms with Gasteiger partial charge in [0.05, 0.1) is 33.7 Å². The highest BCUT2D eigenvalue weighted by Crippen LogP contribution is 2.20. The van der Waals surface area contributed by atoms with Crippen molar-refractivity contribution in [3.63, 3.8) is 0 Å². The van der Waals surface area contributed by atoms with Crippen LogP contribution in [0.15, 0.2) is 77.8 Å². The maximum Gasteiger partial charge on any atom is 0.408 e. The second-order valence-electron chi connectivity index (χ2n) is 12.9. The van der Waals surface area contributed by atoms with Crippen molar-refractivity contribution in [2.45, 2.75) is 84.2 Å². The molecule has 13 heteroatoms. The lowest BCUT2D eigenvalue weighted by atomic mass is 9.94. The minimum Gasteiger partial charge on any atom is -0.444 e. The van der Waals surface area contributed by atoms with Gasteiger partial charge < -0.3 is 25.6 Å². The fraction of sp³-hybridized carbons (Fsp3) is 0.405. The fourth-order valence-corrected chi connectivity index (χ4v) is 6.56. The van der Waals surface area contributed by atoms with Gasteiger partial charge in [-0.25, -0.2) is 14.6 Å². The number of carbonyl (C=O) groups is 4. The number of carbonyl (C=O) groups excluding carboxylic acids is 4. The van der Waals surface area contributed by atoms with Gasteiger partial charge in [-0.15, -0.1) is 22.7 Å². The number of hydrogen-bond donors (Lipinski definition) is 3. The maximum atomic E-state index is 14.0. The van der Waals surface area contributed by atoms with Crippen molar-refractivity contribution in [3.8, 4) is 0 Å². The van der Waals surface area contributed by atoms with Crippen molar-refractivity contribution in [2.75, 3.05) is 7.05 Å². The molecular formula is C37H46N6O5S2. The fourth-order valence-electron chi connectivity index (χ4n) is 5.23. The summed E-state index contributed by atoms with van der Waals surface area (Å²) in [7, 11) is 1.66. The lowest BCUT2D eigenvalue weighted by molar-refractivity contribution is -0.125. The van der Waals surface area contributed by atoms with E-state index < -0.39 is 36.2 Å². The topological polar surface area (TPSA) is 143 Å². The van der Waals surface area contributed by atoms with Crippen molar-refractivity contribution < 1.29 is 23.9 Å². The Labute approximate surface area is 301 Å². The number of ether oxygens (including phenoxy) is 1. The highest BCUT2D eigenvalue weighted by atomic mass is 32.1. The van der Waals surface area contributed by atoms with Gasteiger partial charge >= 0.3 is 12.1 Å². The Hall–Kier alpha value is -4.62. The summed E-state index contributed by atoms with van der Waals surface area (Å²) in [6.07, 6.45) is 1.45. The molecule has 2 aromatic heterocycles. The molecule has 1 unspecified atom stereocenters. The number of nitrogens with one attached hydrogen (secondary N) is 3. The quantitative estimate of drug-likeness (QED) is 0.120. The number of Topliss-reactive ketones (excluding diaryl/α,β-unsaturated/α-hetero) is 1. The molecule has 2 heterocycles. The molecule has 11 nitrogen and oxygen atoms in total. The number of alkyl carbamates (subject to hydrolysis) is 1. The number of aromatic nitrogens is 2. The van der Waals surface area contributed by atoms with Crippen LogP contribution in [0.5, 0.6) is 0 Å². The smallest absolute Gasteiger partial charge is 0.408 e. The zero-order valence-corrected chi connectivity index (χ0v) is 30.8. The van der Waals surface area contributed by atoms with Crippen LogP contribution >= 0.6 is 22.7 Å². The molecule has 0 radical (unpaired) electrons. The van der Waals surface area contributed by atoms with Crippen LogP contribution in [0.25, 0.3) is 0 Å². The van der Waals surface area contributed by atoms with Gasteiger partial charge in [-0.1, -0.05) is 88.4 Å². The van der Waals surface area contributed by atoms with Gasteiger partial charge in [-0.3, -0.25) is 14.6 Å². The molecule has 50 heavy (non-hydrogen) atoms. The summed E-state index contributed by atoms with van der Waals surface area (Å²) < 4.78 is 5.38. The average Bonchev–Trinajstić information content (AvgIpc) is 3.79. The van der Waals surface area contributed by atoms with Crippen molar-refractivity contribution in [3.05, 3.63) is 104 Å². The Morgan fingerprint density at radius 1 is 0.860 bits per heavy atom. The highest BCUT2D eigenvalue weighted by molar-refractivity contribution is 7.09. The Balaban J connectivity index is 1.47. The minimum absolute atomic E-state index is 0.0374. The summed E-state index contributed by atoms with van der Waals surface area (Å²) in [5, 5.41) is 11.6. The normalized spacial score (nSPS) is 12.9. The third-order valence-electron chi connectivity index (χ3n) is 7.95. The molecule has 0 aliphatic rings. The van der Waals surface area contributed by atoms with Crippen LogP contribution in [0, 0.1) is 5.92 Å². The molecule has 266 valence electrons. The predicted molar refractivity (Wildman–Crippen MR) is 196 cm³/mol. The summed E-state index contributed by atoms with van der Waals surface area (Å²) in [5.41, 5.74) is 4.23. The molecular weight excluding hydrogens is 673 g/mol. The molecule has 3 atom stereocenters. The Morgan fingerprint density at radius 3 is 2.10 bits per heavy atom. The van der Waals surface area contributed by atoms with E-state index in [1.807, 2.05) is 79.9 Å². The third-order valence-corrected chi connectivity index (χ3v) is 9.90. The Bertz CT molecular complexity index is 1660. The predicted octanol–water partition coefficient (Wildman–Crippen LogP) is 6.11. The number of benzene rings is 2. The van der Waals surface area contributed by atoms with Crippen LogP contribution in [0.3, 0.4) is 0 Å². The molecule has 0 saturated carbocycles. The first-order valence-corrected chi connectivity index (χ1v) is 18.4. The summed E-state index contributed by atoms with van der Waals surface area (Å²) in [5.74, 6) is -0.612. The van der Waals surface area contributed by atoms with Gasteiger partial charge in [0.15, 0.2) is 5.78 Å². The van der Waals surface area contributed by atoms with Crippen LogP contribution in [0.1, 0.15) is 66.7 Å². The molecule has 2 aromatic carbocycles. The van der Waals surface area contributed by atoms with Crippen LogP contribution in [0.2, 0.25) is 0 Å². The maximum absolute atomic E-state index is 14.0. The first-order valence-electron chi connectivity index (χ1n) is 16.7. The van der Waals surface area contributed by atoms with E-state index in [2.05, 4.69) is 39.8 Å². The summed E-state index contributed by atoms with van der Waals surface area (Å²) in [6.45, 7) is 8.20. The average molecular weight is 719 g/mol. The van der Waals surface area contributed by atoms with E-state index in [9.17, 15) is 19.2 Å². The highest BCUT2D eigenvalue weighted by Gasteiger charge is 2.30. The van der Waals surface area contributed by atoms with Crippen molar-refractivity contribution in [1.82, 2.24) is 30.8 Å². The number of urea groups is 1. The van der Waals surface area contributed by atoms with Gasteiger partial charge in [-0.2, -0.15) is 0 Å². The molecule has 0 spiro atoms. The van der Waals surface area contributed by atoms with E-state index in [0.717, 1.165) is 26.7 Å². The molecule has 4 amide bonds. The SMILES string of the molecule is CC(C)c1nc(CN(C)C(=O)NC(C(=O)N[C@H](CC(=O)[C@H](Cc2ccccc2)NC(=O)OCc2cncs2)Cc2ccccc2)C(C)C)cs1. The number of thiazole rings is 2. The number of amides is 4. The van der Waals surface area contributed by atoms with Crippen molar-refractivity contribution in [1.29, 1.82) is 0 Å². The molecule has 0 aliphatic heterocycles. The van der Waals surface area contributed by atoms with Gasteiger partial charge in [0.1, 0.15) is 12.6 Å².